The van der Waals surface area contributed by atoms with Gasteiger partial charge in [-0.1, -0.05) is 48.7 Å². The van der Waals surface area contributed by atoms with Crippen molar-refractivity contribution in [2.45, 2.75) is 83.2 Å². The number of carbonyl (C=O) groups is 2. The number of hydrogen-bond donors (Lipinski definition) is 0. The summed E-state index contributed by atoms with van der Waals surface area (Å²) in [7, 11) is 0. The molecule has 174 valence electrons. The van der Waals surface area contributed by atoms with E-state index < -0.39 is 5.60 Å². The fourth-order valence-corrected chi connectivity index (χ4v) is 8.25. The molecule has 3 heteroatoms. The van der Waals surface area contributed by atoms with E-state index in [1.807, 2.05) is 24.3 Å². The first-order valence-electron chi connectivity index (χ1n) is 13.0. The van der Waals surface area contributed by atoms with Gasteiger partial charge in [0.25, 0.3) is 0 Å². The molecule has 6 unspecified atom stereocenters. The van der Waals surface area contributed by atoms with E-state index in [1.165, 1.54) is 5.57 Å². The third-order valence-electron chi connectivity index (χ3n) is 9.73. The molecule has 4 aliphatic carbocycles. The highest BCUT2D eigenvalue weighted by atomic mass is 16.6. The number of aryl methyl sites for hydroxylation is 1. The molecule has 1 aromatic carbocycles. The number of terminal acetylenes is 1. The van der Waals surface area contributed by atoms with Crippen molar-refractivity contribution in [2.75, 3.05) is 0 Å². The molecule has 0 aliphatic heterocycles. The van der Waals surface area contributed by atoms with Crippen LogP contribution < -0.4 is 0 Å². The zero-order valence-electron chi connectivity index (χ0n) is 19.9. The molecular weight excluding hydrogens is 408 g/mol. The van der Waals surface area contributed by atoms with Gasteiger partial charge in [0.15, 0.2) is 11.4 Å². The Kier molecular flexibility index (Phi) is 5.98. The molecular formula is C30H36O3. The molecule has 5 rings (SSSR count). The van der Waals surface area contributed by atoms with E-state index in [4.69, 9.17) is 11.2 Å². The minimum absolute atomic E-state index is 0.114. The summed E-state index contributed by atoms with van der Waals surface area (Å²) in [6.07, 6.45) is 18.1. The molecule has 0 heterocycles. The van der Waals surface area contributed by atoms with Crippen LogP contribution in [0.3, 0.4) is 0 Å². The molecule has 0 aromatic heterocycles. The van der Waals surface area contributed by atoms with Crippen molar-refractivity contribution < 1.29 is 14.3 Å². The van der Waals surface area contributed by atoms with E-state index >= 15 is 0 Å². The third-order valence-corrected chi connectivity index (χ3v) is 9.73. The van der Waals surface area contributed by atoms with Gasteiger partial charge in [0, 0.05) is 18.3 Å². The van der Waals surface area contributed by atoms with Crippen LogP contribution in [0, 0.1) is 41.4 Å². The van der Waals surface area contributed by atoms with Crippen LogP contribution in [-0.2, 0) is 20.7 Å². The number of carbonyl (C=O) groups excluding carboxylic acids is 2. The maximum Gasteiger partial charge on any atom is 0.307 e. The third kappa shape index (κ3) is 3.67. The molecule has 33 heavy (non-hydrogen) atoms. The molecule has 0 spiro atoms. The maximum atomic E-state index is 13.0. The van der Waals surface area contributed by atoms with Crippen LogP contribution in [0.2, 0.25) is 0 Å². The number of fused-ring (bicyclic) bond motifs is 5. The highest BCUT2D eigenvalue weighted by Gasteiger charge is 2.65. The second-order valence-corrected chi connectivity index (χ2v) is 10.8. The molecule has 3 saturated carbocycles. The molecule has 0 N–H and O–H groups in total. The number of ketones is 1. The smallest absolute Gasteiger partial charge is 0.307 e. The van der Waals surface area contributed by atoms with Gasteiger partial charge in [0.2, 0.25) is 0 Å². The lowest BCUT2D eigenvalue weighted by atomic mass is 9.49. The summed E-state index contributed by atoms with van der Waals surface area (Å²) in [6, 6.07) is 10.1. The predicted molar refractivity (Wildman–Crippen MR) is 129 cm³/mol. The van der Waals surface area contributed by atoms with E-state index in [-0.39, 0.29) is 11.4 Å². The topological polar surface area (TPSA) is 43.4 Å². The largest absolute Gasteiger partial charge is 0.445 e. The molecule has 0 amide bonds. The Morgan fingerprint density at radius 2 is 1.91 bits per heavy atom. The van der Waals surface area contributed by atoms with Crippen LogP contribution in [0.5, 0.6) is 0 Å². The number of benzene rings is 1. The van der Waals surface area contributed by atoms with Crippen molar-refractivity contribution in [1.29, 1.82) is 0 Å². The maximum absolute atomic E-state index is 13.0. The molecule has 0 radical (unpaired) electrons. The Hall–Kier alpha value is -2.34. The van der Waals surface area contributed by atoms with Gasteiger partial charge in [-0.15, -0.1) is 6.42 Å². The zero-order chi connectivity index (χ0) is 23.1. The lowest BCUT2D eigenvalue weighted by Gasteiger charge is -2.56. The predicted octanol–water partition coefficient (Wildman–Crippen LogP) is 6.07. The van der Waals surface area contributed by atoms with Crippen LogP contribution in [-0.4, -0.2) is 17.4 Å². The van der Waals surface area contributed by atoms with Gasteiger partial charge in [-0.3, -0.25) is 9.59 Å². The van der Waals surface area contributed by atoms with E-state index in [1.54, 1.807) is 0 Å². The van der Waals surface area contributed by atoms with E-state index in [2.05, 4.69) is 25.0 Å². The number of hydrogen-bond acceptors (Lipinski definition) is 3. The normalized spacial score (nSPS) is 37.2. The molecule has 3 fully saturated rings. The van der Waals surface area contributed by atoms with Gasteiger partial charge >= 0.3 is 5.97 Å². The van der Waals surface area contributed by atoms with Crippen LogP contribution >= 0.6 is 0 Å². The van der Waals surface area contributed by atoms with Crippen molar-refractivity contribution >= 4 is 11.8 Å². The average molecular weight is 445 g/mol. The molecule has 1 aromatic rings. The van der Waals surface area contributed by atoms with Crippen molar-refractivity contribution in [3.8, 4) is 12.3 Å². The first-order valence-corrected chi connectivity index (χ1v) is 13.0. The summed E-state index contributed by atoms with van der Waals surface area (Å²) < 4.78 is 6.30. The highest BCUT2D eigenvalue weighted by molar-refractivity contribution is 5.91. The van der Waals surface area contributed by atoms with Crippen LogP contribution in [0.25, 0.3) is 0 Å². The molecule has 0 bridgehead atoms. The quantitative estimate of drug-likeness (QED) is 0.409. The van der Waals surface area contributed by atoms with Crippen LogP contribution in [0.1, 0.15) is 76.7 Å². The highest BCUT2D eigenvalue weighted by Crippen LogP contribution is 2.67. The lowest BCUT2D eigenvalue weighted by molar-refractivity contribution is -0.173. The zero-order valence-corrected chi connectivity index (χ0v) is 19.9. The van der Waals surface area contributed by atoms with Gasteiger partial charge in [0.1, 0.15) is 0 Å². The van der Waals surface area contributed by atoms with Crippen molar-refractivity contribution in [1.82, 2.24) is 0 Å². The number of ether oxygens (including phenoxy) is 1. The number of esters is 1. The minimum atomic E-state index is -0.774. The molecule has 6 atom stereocenters. The first-order chi connectivity index (χ1) is 16.0. The summed E-state index contributed by atoms with van der Waals surface area (Å²) in [5.74, 6) is 5.59. The Balaban J connectivity index is 1.35. The minimum Gasteiger partial charge on any atom is -0.445 e. The van der Waals surface area contributed by atoms with Gasteiger partial charge in [-0.2, -0.15) is 0 Å². The lowest BCUT2D eigenvalue weighted by Crippen LogP contribution is -2.55. The van der Waals surface area contributed by atoms with Gasteiger partial charge < -0.3 is 4.74 Å². The van der Waals surface area contributed by atoms with Gasteiger partial charge in [0.05, 0.1) is 0 Å². The fourth-order valence-electron chi connectivity index (χ4n) is 8.25. The van der Waals surface area contributed by atoms with Crippen molar-refractivity contribution in [2.24, 2.45) is 29.1 Å². The summed E-state index contributed by atoms with van der Waals surface area (Å²) in [5, 5.41) is 0. The average Bonchev–Trinajstić information content (AvgIpc) is 3.17. The summed E-state index contributed by atoms with van der Waals surface area (Å²) in [6.45, 7) is 2.25. The second-order valence-electron chi connectivity index (χ2n) is 10.8. The Morgan fingerprint density at radius 1 is 1.09 bits per heavy atom. The molecule has 3 nitrogen and oxygen atoms in total. The van der Waals surface area contributed by atoms with Crippen LogP contribution in [0.15, 0.2) is 42.0 Å². The first kappa shape index (κ1) is 22.5. The summed E-state index contributed by atoms with van der Waals surface area (Å²) in [5.41, 5.74) is 1.67. The number of rotatable bonds is 5. The van der Waals surface area contributed by atoms with Crippen LogP contribution in [0.4, 0.5) is 0 Å². The second kappa shape index (κ2) is 8.79. The van der Waals surface area contributed by atoms with Crippen molar-refractivity contribution in [3.05, 3.63) is 47.5 Å². The summed E-state index contributed by atoms with van der Waals surface area (Å²) >= 11 is 0. The molecule has 4 aliphatic rings. The SMILES string of the molecule is C#CC1(OC(=O)CCc2ccccc2)CCC2C3CCC4=CC(=O)CCC4C3CCC21CC. The Morgan fingerprint density at radius 3 is 2.67 bits per heavy atom. The van der Waals surface area contributed by atoms with Gasteiger partial charge in [-0.05, 0) is 93.1 Å². The number of allylic oxidation sites excluding steroid dienone is 1. The summed E-state index contributed by atoms with van der Waals surface area (Å²) in [4.78, 5) is 25.0. The van der Waals surface area contributed by atoms with E-state index in [0.717, 1.165) is 56.9 Å². The van der Waals surface area contributed by atoms with Gasteiger partial charge in [-0.25, -0.2) is 0 Å². The van der Waals surface area contributed by atoms with Crippen molar-refractivity contribution in [3.63, 3.8) is 0 Å². The standard InChI is InChI=1S/C30H36O3/c1-3-29-18-16-25-24-14-12-23(31)20-22(24)11-13-26(25)27(29)17-19-30(29,4-2)33-28(32)15-10-21-8-6-5-7-9-21/h2,5-9,20,24-27H,3,10-19H2,1H3. The van der Waals surface area contributed by atoms with E-state index in [0.29, 0.717) is 48.7 Å². The monoisotopic (exact) mass is 444 g/mol. The van der Waals surface area contributed by atoms with E-state index in [9.17, 15) is 9.59 Å². The Bertz CT molecular complexity index is 986. The fraction of sp³-hybridized carbons (Fsp3) is 0.600. The molecule has 0 saturated heterocycles. The Labute approximate surface area is 198 Å².